The van der Waals surface area contributed by atoms with Crippen LogP contribution in [0.4, 0.5) is 4.79 Å². The van der Waals surface area contributed by atoms with Gasteiger partial charge in [-0.3, -0.25) is 0 Å². The molecule has 1 N–H and O–H groups in total. The minimum absolute atomic E-state index is 0.165. The third kappa shape index (κ3) is 2.11. The van der Waals surface area contributed by atoms with Crippen LogP contribution in [0.2, 0.25) is 0 Å². The van der Waals surface area contributed by atoms with Gasteiger partial charge >= 0.3 is 12.1 Å². The Hall–Kier alpha value is -1.30. The van der Waals surface area contributed by atoms with E-state index in [0.29, 0.717) is 12.6 Å². The Morgan fingerprint density at radius 2 is 2.38 bits per heavy atom. The molecule has 2 heterocycles. The zero-order chi connectivity index (χ0) is 11.7. The van der Waals surface area contributed by atoms with Crippen molar-refractivity contribution >= 4 is 12.1 Å². The fourth-order valence-corrected chi connectivity index (χ4v) is 2.25. The maximum atomic E-state index is 11.4. The minimum Gasteiger partial charge on any atom is -0.478 e. The highest BCUT2D eigenvalue weighted by atomic mass is 16.6. The van der Waals surface area contributed by atoms with Crippen LogP contribution in [-0.4, -0.2) is 65.8 Å². The molecule has 90 valence electrons. The smallest absolute Gasteiger partial charge is 0.410 e. The van der Waals surface area contributed by atoms with Crippen LogP contribution >= 0.6 is 0 Å². The average molecular weight is 228 g/mol. The monoisotopic (exact) mass is 228 g/mol. The van der Waals surface area contributed by atoms with Crippen molar-refractivity contribution in [2.75, 3.05) is 26.7 Å². The molecule has 0 saturated carbocycles. The van der Waals surface area contributed by atoms with Crippen molar-refractivity contribution in [1.82, 2.24) is 9.80 Å². The highest BCUT2D eigenvalue weighted by Gasteiger charge is 2.38. The molecular weight excluding hydrogens is 212 g/mol. The SMILES string of the molecule is CN1CCCC1CN1C[C@H](C(=O)O)OC1=O. The number of carboxylic acids is 1. The van der Waals surface area contributed by atoms with E-state index in [2.05, 4.69) is 4.90 Å². The summed E-state index contributed by atoms with van der Waals surface area (Å²) in [5, 5.41) is 8.75. The number of carbonyl (C=O) groups is 2. The Labute approximate surface area is 93.8 Å². The summed E-state index contributed by atoms with van der Waals surface area (Å²) in [6.45, 7) is 1.77. The molecule has 0 spiro atoms. The van der Waals surface area contributed by atoms with Crippen molar-refractivity contribution in [2.45, 2.75) is 25.0 Å². The molecule has 2 fully saturated rings. The molecule has 0 aromatic carbocycles. The molecule has 16 heavy (non-hydrogen) atoms. The molecule has 0 bridgehead atoms. The van der Waals surface area contributed by atoms with Crippen LogP contribution < -0.4 is 0 Å². The molecule has 0 aromatic heterocycles. The molecule has 2 atom stereocenters. The number of hydrogen-bond acceptors (Lipinski definition) is 4. The molecule has 0 aliphatic carbocycles. The van der Waals surface area contributed by atoms with Gasteiger partial charge in [-0.05, 0) is 26.4 Å². The topological polar surface area (TPSA) is 70.1 Å². The highest BCUT2D eigenvalue weighted by molar-refractivity contribution is 5.81. The number of ether oxygens (including phenoxy) is 1. The zero-order valence-electron chi connectivity index (χ0n) is 9.26. The van der Waals surface area contributed by atoms with E-state index in [1.54, 1.807) is 0 Å². The van der Waals surface area contributed by atoms with Crippen LogP contribution in [0.5, 0.6) is 0 Å². The third-order valence-electron chi connectivity index (χ3n) is 3.27. The standard InChI is InChI=1S/C10H16N2O4/c1-11-4-2-3-7(11)5-12-6-8(9(13)14)16-10(12)15/h7-8H,2-6H2,1H3,(H,13,14)/t7?,8-/m1/s1. The lowest BCUT2D eigenvalue weighted by molar-refractivity contribution is -0.144. The molecule has 6 nitrogen and oxygen atoms in total. The molecule has 1 amide bonds. The Morgan fingerprint density at radius 3 is 2.88 bits per heavy atom. The van der Waals surface area contributed by atoms with Crippen LogP contribution in [0.15, 0.2) is 0 Å². The van der Waals surface area contributed by atoms with E-state index in [0.717, 1.165) is 19.4 Å². The molecule has 2 rings (SSSR count). The second-order valence-electron chi connectivity index (χ2n) is 4.39. The molecule has 6 heteroatoms. The van der Waals surface area contributed by atoms with Crippen LogP contribution in [0, 0.1) is 0 Å². The predicted molar refractivity (Wildman–Crippen MR) is 55.1 cm³/mol. The number of likely N-dealkylation sites (tertiary alicyclic amines) is 1. The second kappa shape index (κ2) is 4.29. The Bertz CT molecular complexity index is 307. The van der Waals surface area contributed by atoms with Crippen molar-refractivity contribution < 1.29 is 19.4 Å². The lowest BCUT2D eigenvalue weighted by Crippen LogP contribution is -2.39. The van der Waals surface area contributed by atoms with Gasteiger partial charge in [-0.25, -0.2) is 9.59 Å². The summed E-state index contributed by atoms with van der Waals surface area (Å²) in [6.07, 6.45) is 0.677. The number of rotatable bonds is 3. The lowest BCUT2D eigenvalue weighted by Gasteiger charge is -2.23. The van der Waals surface area contributed by atoms with Crippen molar-refractivity contribution in [3.8, 4) is 0 Å². The maximum absolute atomic E-state index is 11.4. The van der Waals surface area contributed by atoms with Gasteiger partial charge in [0, 0.05) is 12.6 Å². The first-order valence-corrected chi connectivity index (χ1v) is 5.46. The van der Waals surface area contributed by atoms with Gasteiger partial charge in [0.1, 0.15) is 0 Å². The molecule has 1 unspecified atom stereocenters. The number of cyclic esters (lactones) is 1. The summed E-state index contributed by atoms with van der Waals surface area (Å²) in [5.74, 6) is -1.07. The first-order valence-electron chi connectivity index (χ1n) is 5.46. The molecule has 0 radical (unpaired) electrons. The summed E-state index contributed by atoms with van der Waals surface area (Å²) in [5.41, 5.74) is 0. The van der Waals surface area contributed by atoms with Gasteiger partial charge in [0.2, 0.25) is 6.10 Å². The van der Waals surface area contributed by atoms with Crippen molar-refractivity contribution in [3.63, 3.8) is 0 Å². The summed E-state index contributed by atoms with van der Waals surface area (Å²) >= 11 is 0. The van der Waals surface area contributed by atoms with Gasteiger partial charge in [-0.1, -0.05) is 0 Å². The number of carboxylic acid groups (broad SMARTS) is 1. The number of nitrogens with zero attached hydrogens (tertiary/aromatic N) is 2. The summed E-state index contributed by atoms with van der Waals surface area (Å²) in [7, 11) is 2.02. The number of aliphatic carboxylic acids is 1. The maximum Gasteiger partial charge on any atom is 0.410 e. The number of amides is 1. The number of carbonyl (C=O) groups excluding carboxylic acids is 1. The van der Waals surface area contributed by atoms with Crippen molar-refractivity contribution in [1.29, 1.82) is 0 Å². The van der Waals surface area contributed by atoms with Gasteiger partial charge in [0.05, 0.1) is 6.54 Å². The largest absolute Gasteiger partial charge is 0.478 e. The average Bonchev–Trinajstić information content (AvgIpc) is 2.76. The Kier molecular flexibility index (Phi) is 3.00. The molecule has 2 saturated heterocycles. The summed E-state index contributed by atoms with van der Waals surface area (Å²) in [4.78, 5) is 25.8. The fourth-order valence-electron chi connectivity index (χ4n) is 2.25. The Morgan fingerprint density at radius 1 is 1.62 bits per heavy atom. The first kappa shape index (κ1) is 11.2. The summed E-state index contributed by atoms with van der Waals surface area (Å²) in [6, 6.07) is 0.333. The molecule has 0 aromatic rings. The summed E-state index contributed by atoms with van der Waals surface area (Å²) < 4.78 is 4.75. The number of likely N-dealkylation sites (N-methyl/N-ethyl adjacent to an activating group) is 1. The molecule has 2 aliphatic rings. The quantitative estimate of drug-likeness (QED) is 0.735. The van der Waals surface area contributed by atoms with Gasteiger partial charge in [-0.15, -0.1) is 0 Å². The fraction of sp³-hybridized carbons (Fsp3) is 0.800. The van der Waals surface area contributed by atoms with E-state index < -0.39 is 18.2 Å². The van der Waals surface area contributed by atoms with E-state index in [-0.39, 0.29) is 6.54 Å². The minimum atomic E-state index is -1.07. The van der Waals surface area contributed by atoms with E-state index >= 15 is 0 Å². The van der Waals surface area contributed by atoms with Crippen LogP contribution in [0.25, 0.3) is 0 Å². The molecule has 2 aliphatic heterocycles. The van der Waals surface area contributed by atoms with Crippen LogP contribution in [0.1, 0.15) is 12.8 Å². The van der Waals surface area contributed by atoms with E-state index in [1.807, 2.05) is 7.05 Å². The predicted octanol–water partition coefficient (Wildman–Crippen LogP) is -0.0140. The van der Waals surface area contributed by atoms with Crippen LogP contribution in [0.3, 0.4) is 0 Å². The van der Waals surface area contributed by atoms with E-state index in [9.17, 15) is 9.59 Å². The third-order valence-corrected chi connectivity index (χ3v) is 3.27. The lowest BCUT2D eigenvalue weighted by atomic mass is 10.2. The highest BCUT2D eigenvalue weighted by Crippen LogP contribution is 2.19. The van der Waals surface area contributed by atoms with Crippen molar-refractivity contribution in [2.24, 2.45) is 0 Å². The van der Waals surface area contributed by atoms with Gasteiger partial charge in [0.25, 0.3) is 0 Å². The zero-order valence-corrected chi connectivity index (χ0v) is 9.26. The van der Waals surface area contributed by atoms with Gasteiger partial charge < -0.3 is 19.6 Å². The van der Waals surface area contributed by atoms with E-state index in [1.165, 1.54) is 4.90 Å². The second-order valence-corrected chi connectivity index (χ2v) is 4.39. The first-order chi connectivity index (χ1) is 7.58. The number of hydrogen-bond donors (Lipinski definition) is 1. The van der Waals surface area contributed by atoms with Crippen molar-refractivity contribution in [3.05, 3.63) is 0 Å². The van der Waals surface area contributed by atoms with Gasteiger partial charge in [-0.2, -0.15) is 0 Å². The van der Waals surface area contributed by atoms with E-state index in [4.69, 9.17) is 9.84 Å². The van der Waals surface area contributed by atoms with Crippen LogP contribution in [-0.2, 0) is 9.53 Å². The Balaban J connectivity index is 1.91. The van der Waals surface area contributed by atoms with Gasteiger partial charge in [0.15, 0.2) is 0 Å². The normalized spacial score (nSPS) is 30.8. The molecular formula is C10H16N2O4.